The predicted octanol–water partition coefficient (Wildman–Crippen LogP) is -0.772. The van der Waals surface area contributed by atoms with Crippen LogP contribution in [0.4, 0.5) is 0 Å². The lowest BCUT2D eigenvalue weighted by atomic mass is 10.1. The molecule has 1 rings (SSSR count). The normalized spacial score (nSPS) is 30.9. The van der Waals surface area contributed by atoms with Crippen LogP contribution in [-0.4, -0.2) is 68.6 Å². The van der Waals surface area contributed by atoms with Crippen molar-refractivity contribution in [2.75, 3.05) is 20.8 Å². The topological polar surface area (TPSA) is 101 Å². The van der Waals surface area contributed by atoms with Gasteiger partial charge in [-0.05, 0) is 0 Å². The number of rotatable bonds is 6. The molecule has 1 fully saturated rings. The summed E-state index contributed by atoms with van der Waals surface area (Å²) in [6.45, 7) is 2.43. The predicted molar refractivity (Wildman–Crippen MR) is 64.7 cm³/mol. The molecule has 0 spiro atoms. The quantitative estimate of drug-likeness (QED) is 0.637. The second kappa shape index (κ2) is 7.53. The van der Waals surface area contributed by atoms with E-state index in [0.29, 0.717) is 0 Å². The van der Waals surface area contributed by atoms with E-state index in [1.165, 1.54) is 28.1 Å². The lowest BCUT2D eigenvalue weighted by molar-refractivity contribution is -0.177. The highest BCUT2D eigenvalue weighted by molar-refractivity contribution is 5.66. The van der Waals surface area contributed by atoms with Gasteiger partial charge in [-0.25, -0.2) is 0 Å². The van der Waals surface area contributed by atoms with Crippen molar-refractivity contribution in [1.82, 2.24) is 0 Å². The number of hydrogen-bond donors (Lipinski definition) is 1. The smallest absolute Gasteiger partial charge is 0.303 e. The Morgan fingerprint density at radius 2 is 1.85 bits per heavy atom. The Labute approximate surface area is 116 Å². The van der Waals surface area contributed by atoms with Crippen LogP contribution < -0.4 is 0 Å². The third kappa shape index (κ3) is 4.14. The third-order valence-corrected chi connectivity index (χ3v) is 2.92. The Bertz CT molecular complexity index is 344. The second-order valence-electron chi connectivity index (χ2n) is 4.34. The van der Waals surface area contributed by atoms with Crippen LogP contribution in [0.5, 0.6) is 0 Å². The van der Waals surface area contributed by atoms with Gasteiger partial charge in [0.15, 0.2) is 12.4 Å². The van der Waals surface area contributed by atoms with Gasteiger partial charge in [0.05, 0.1) is 0 Å². The van der Waals surface area contributed by atoms with Gasteiger partial charge in [0, 0.05) is 28.1 Å². The summed E-state index contributed by atoms with van der Waals surface area (Å²) in [5.74, 6) is -1.02. The first kappa shape index (κ1) is 16.8. The zero-order valence-electron chi connectivity index (χ0n) is 11.9. The van der Waals surface area contributed by atoms with Gasteiger partial charge >= 0.3 is 11.9 Å². The Hall–Kier alpha value is -1.22. The summed E-state index contributed by atoms with van der Waals surface area (Å²) in [7, 11) is 2.81. The standard InChI is InChI=1S/C12H20O8/c1-6(13)18-5-8(16-3)9-10(17-4)11(12(15)20-9)19-7(2)14/h8-12,15H,5H2,1-4H3. The average molecular weight is 292 g/mol. The van der Waals surface area contributed by atoms with Gasteiger partial charge in [-0.2, -0.15) is 0 Å². The summed E-state index contributed by atoms with van der Waals surface area (Å²) >= 11 is 0. The van der Waals surface area contributed by atoms with E-state index in [4.69, 9.17) is 23.7 Å². The van der Waals surface area contributed by atoms with E-state index in [2.05, 4.69) is 0 Å². The molecule has 5 unspecified atom stereocenters. The fraction of sp³-hybridized carbons (Fsp3) is 0.833. The maximum Gasteiger partial charge on any atom is 0.303 e. The van der Waals surface area contributed by atoms with Gasteiger partial charge in [-0.15, -0.1) is 0 Å². The number of methoxy groups -OCH3 is 2. The van der Waals surface area contributed by atoms with Crippen molar-refractivity contribution in [2.24, 2.45) is 0 Å². The molecule has 5 atom stereocenters. The molecule has 0 amide bonds. The van der Waals surface area contributed by atoms with Crippen molar-refractivity contribution < 1.29 is 38.4 Å². The van der Waals surface area contributed by atoms with Crippen molar-refractivity contribution in [3.05, 3.63) is 0 Å². The molecule has 0 aromatic carbocycles. The summed E-state index contributed by atoms with van der Waals surface area (Å²) in [6.07, 6.45) is -4.40. The third-order valence-electron chi connectivity index (χ3n) is 2.92. The lowest BCUT2D eigenvalue weighted by Crippen LogP contribution is -2.44. The highest BCUT2D eigenvalue weighted by atomic mass is 16.7. The fourth-order valence-corrected chi connectivity index (χ4v) is 2.05. The van der Waals surface area contributed by atoms with Crippen LogP contribution in [0.1, 0.15) is 13.8 Å². The second-order valence-corrected chi connectivity index (χ2v) is 4.34. The average Bonchev–Trinajstić information content (AvgIpc) is 2.66. The summed E-state index contributed by atoms with van der Waals surface area (Å²) < 4.78 is 25.5. The Kier molecular flexibility index (Phi) is 6.34. The van der Waals surface area contributed by atoms with Crippen molar-refractivity contribution in [3.8, 4) is 0 Å². The van der Waals surface area contributed by atoms with Crippen LogP contribution >= 0.6 is 0 Å². The first-order chi connectivity index (χ1) is 9.40. The minimum absolute atomic E-state index is 0.0597. The summed E-state index contributed by atoms with van der Waals surface area (Å²) in [5.41, 5.74) is 0. The highest BCUT2D eigenvalue weighted by Crippen LogP contribution is 2.28. The van der Waals surface area contributed by atoms with Gasteiger partial charge in [-0.3, -0.25) is 9.59 Å². The molecule has 0 saturated carbocycles. The lowest BCUT2D eigenvalue weighted by Gasteiger charge is -2.26. The maximum atomic E-state index is 11.0. The van der Waals surface area contributed by atoms with Crippen LogP contribution in [0.3, 0.4) is 0 Å². The molecule has 0 aromatic heterocycles. The Balaban J connectivity index is 2.76. The SMILES string of the molecule is COC(COC(C)=O)C1OC(O)C(OC(C)=O)C1OC. The maximum absolute atomic E-state index is 11.0. The number of esters is 2. The molecular formula is C12H20O8. The molecule has 8 nitrogen and oxygen atoms in total. The van der Waals surface area contributed by atoms with Gasteiger partial charge in [0.1, 0.15) is 24.9 Å². The first-order valence-corrected chi connectivity index (χ1v) is 6.10. The number of ether oxygens (including phenoxy) is 5. The molecule has 20 heavy (non-hydrogen) atoms. The van der Waals surface area contributed by atoms with E-state index >= 15 is 0 Å². The summed E-state index contributed by atoms with van der Waals surface area (Å²) in [4.78, 5) is 21.9. The minimum atomic E-state index is -1.33. The van der Waals surface area contributed by atoms with E-state index < -0.39 is 42.6 Å². The molecule has 0 bridgehead atoms. The number of aliphatic hydroxyl groups is 1. The number of carbonyl (C=O) groups is 2. The number of aliphatic hydroxyl groups excluding tert-OH is 1. The molecule has 1 aliphatic rings. The van der Waals surface area contributed by atoms with Crippen LogP contribution in [0, 0.1) is 0 Å². The fourth-order valence-electron chi connectivity index (χ4n) is 2.05. The van der Waals surface area contributed by atoms with Crippen LogP contribution in [0.25, 0.3) is 0 Å². The van der Waals surface area contributed by atoms with Gasteiger partial charge in [0.25, 0.3) is 0 Å². The van der Waals surface area contributed by atoms with Crippen LogP contribution in [0.15, 0.2) is 0 Å². The van der Waals surface area contributed by atoms with Crippen molar-refractivity contribution in [2.45, 2.75) is 44.6 Å². The zero-order chi connectivity index (χ0) is 15.3. The minimum Gasteiger partial charge on any atom is -0.463 e. The largest absolute Gasteiger partial charge is 0.463 e. The molecule has 1 saturated heterocycles. The molecule has 8 heteroatoms. The van der Waals surface area contributed by atoms with Gasteiger partial charge in [-0.1, -0.05) is 0 Å². The Morgan fingerprint density at radius 3 is 2.30 bits per heavy atom. The van der Waals surface area contributed by atoms with Gasteiger partial charge in [0.2, 0.25) is 0 Å². The summed E-state index contributed by atoms with van der Waals surface area (Å²) in [5, 5.41) is 9.79. The van der Waals surface area contributed by atoms with Crippen molar-refractivity contribution in [3.63, 3.8) is 0 Å². The Morgan fingerprint density at radius 1 is 1.20 bits per heavy atom. The number of carbonyl (C=O) groups excluding carboxylic acids is 2. The number of hydrogen-bond acceptors (Lipinski definition) is 8. The van der Waals surface area contributed by atoms with Crippen LogP contribution in [-0.2, 0) is 33.3 Å². The molecule has 116 valence electrons. The summed E-state index contributed by atoms with van der Waals surface area (Å²) in [6, 6.07) is 0. The van der Waals surface area contributed by atoms with Crippen molar-refractivity contribution >= 4 is 11.9 Å². The molecular weight excluding hydrogens is 272 g/mol. The monoisotopic (exact) mass is 292 g/mol. The molecule has 1 N–H and O–H groups in total. The van der Waals surface area contributed by atoms with E-state index in [0.717, 1.165) is 0 Å². The first-order valence-electron chi connectivity index (χ1n) is 6.10. The molecule has 1 heterocycles. The van der Waals surface area contributed by atoms with E-state index in [1.54, 1.807) is 0 Å². The van der Waals surface area contributed by atoms with E-state index in [-0.39, 0.29) is 6.61 Å². The highest BCUT2D eigenvalue weighted by Gasteiger charge is 2.50. The molecule has 1 aliphatic heterocycles. The van der Waals surface area contributed by atoms with Crippen molar-refractivity contribution in [1.29, 1.82) is 0 Å². The van der Waals surface area contributed by atoms with E-state index in [1.807, 2.05) is 0 Å². The molecule has 0 aromatic rings. The molecule has 0 aliphatic carbocycles. The van der Waals surface area contributed by atoms with E-state index in [9.17, 15) is 14.7 Å². The molecule has 0 radical (unpaired) electrons. The van der Waals surface area contributed by atoms with Gasteiger partial charge < -0.3 is 28.8 Å². The zero-order valence-corrected chi connectivity index (χ0v) is 11.9. The van der Waals surface area contributed by atoms with Crippen LogP contribution in [0.2, 0.25) is 0 Å².